The number of nitrogens with one attached hydrogen (secondary N) is 1. The highest BCUT2D eigenvalue weighted by molar-refractivity contribution is 7.92. The molecule has 0 aromatic heterocycles. The molecule has 202 valence electrons. The number of benzene rings is 2. The third kappa shape index (κ3) is 7.67. The van der Waals surface area contributed by atoms with Crippen molar-refractivity contribution in [3.05, 3.63) is 62.1 Å². The minimum Gasteiger partial charge on any atom is -0.352 e. The second-order valence-corrected chi connectivity index (χ2v) is 12.6. The Morgan fingerprint density at radius 1 is 1.03 bits per heavy atom. The summed E-state index contributed by atoms with van der Waals surface area (Å²) >= 11 is 25.1. The van der Waals surface area contributed by atoms with Gasteiger partial charge in [-0.05, 0) is 49.6 Å². The van der Waals surface area contributed by atoms with E-state index in [1.54, 1.807) is 25.1 Å². The molecular formula is C25H29Cl4N3O4S. The van der Waals surface area contributed by atoms with Crippen LogP contribution in [0.4, 0.5) is 5.69 Å². The van der Waals surface area contributed by atoms with Crippen LogP contribution in [0.1, 0.15) is 44.6 Å². The van der Waals surface area contributed by atoms with Gasteiger partial charge in [-0.1, -0.05) is 72.2 Å². The lowest BCUT2D eigenvalue weighted by molar-refractivity contribution is -0.140. The van der Waals surface area contributed by atoms with Gasteiger partial charge in [-0.25, -0.2) is 8.42 Å². The van der Waals surface area contributed by atoms with Crippen molar-refractivity contribution >= 4 is 73.9 Å². The lowest BCUT2D eigenvalue weighted by atomic mass is 10.1. The molecule has 0 bridgehead atoms. The predicted molar refractivity (Wildman–Crippen MR) is 150 cm³/mol. The minimum absolute atomic E-state index is 0.0443. The van der Waals surface area contributed by atoms with Crippen molar-refractivity contribution in [2.45, 2.75) is 57.7 Å². The molecule has 0 heterocycles. The van der Waals surface area contributed by atoms with Crippen molar-refractivity contribution < 1.29 is 18.0 Å². The van der Waals surface area contributed by atoms with Gasteiger partial charge in [-0.3, -0.25) is 13.9 Å². The SMILES string of the molecule is CC[C@@H](C(=O)NC1CCCC1)N(Cc1c(Cl)cccc1Cl)C(=O)CN(c1ccc(Cl)cc1Cl)S(C)(=O)=O. The number of amides is 2. The maximum Gasteiger partial charge on any atom is 0.244 e. The van der Waals surface area contributed by atoms with E-state index >= 15 is 0 Å². The van der Waals surface area contributed by atoms with Crippen LogP contribution in [0.15, 0.2) is 36.4 Å². The second-order valence-electron chi connectivity index (χ2n) is 9.00. The van der Waals surface area contributed by atoms with Crippen molar-refractivity contribution in [2.24, 2.45) is 0 Å². The van der Waals surface area contributed by atoms with Gasteiger partial charge in [-0.2, -0.15) is 0 Å². The quantitative estimate of drug-likeness (QED) is 0.362. The number of anilines is 1. The fraction of sp³-hybridized carbons (Fsp3) is 0.440. The van der Waals surface area contributed by atoms with Crippen LogP contribution in [-0.4, -0.2) is 50.0 Å². The molecule has 37 heavy (non-hydrogen) atoms. The summed E-state index contributed by atoms with van der Waals surface area (Å²) in [6.07, 6.45) is 5.10. The zero-order valence-electron chi connectivity index (χ0n) is 20.5. The Balaban J connectivity index is 1.99. The first-order chi connectivity index (χ1) is 17.4. The number of hydrogen-bond donors (Lipinski definition) is 1. The summed E-state index contributed by atoms with van der Waals surface area (Å²) in [6, 6.07) is 8.44. The average Bonchev–Trinajstić information content (AvgIpc) is 3.32. The molecule has 1 fully saturated rings. The van der Waals surface area contributed by atoms with E-state index in [9.17, 15) is 18.0 Å². The van der Waals surface area contributed by atoms with Crippen molar-refractivity contribution in [2.75, 3.05) is 17.1 Å². The standard InChI is InChI=1S/C25H29Cl4N3O4S/c1-3-22(25(34)30-17-7-4-5-8-17)31(14-18-19(27)9-6-10-20(18)28)24(33)15-32(37(2,35)36)23-12-11-16(26)13-21(23)29/h6,9-13,17,22H,3-5,7-8,14-15H2,1-2H3,(H,30,34)/t22-/m0/s1. The van der Waals surface area contributed by atoms with Gasteiger partial charge in [0.2, 0.25) is 21.8 Å². The Morgan fingerprint density at radius 2 is 1.65 bits per heavy atom. The molecular weight excluding hydrogens is 580 g/mol. The molecule has 0 saturated heterocycles. The van der Waals surface area contributed by atoms with Crippen molar-refractivity contribution in [3.8, 4) is 0 Å². The first-order valence-electron chi connectivity index (χ1n) is 11.9. The molecule has 3 rings (SSSR count). The fourth-order valence-corrected chi connectivity index (χ4v) is 6.36. The smallest absolute Gasteiger partial charge is 0.244 e. The molecule has 0 unspecified atom stereocenters. The van der Waals surface area contributed by atoms with E-state index in [-0.39, 0.29) is 29.2 Å². The van der Waals surface area contributed by atoms with Gasteiger partial charge in [-0.15, -0.1) is 0 Å². The molecule has 1 aliphatic carbocycles. The Hall–Kier alpha value is -1.71. The lowest BCUT2D eigenvalue weighted by Gasteiger charge is -2.34. The molecule has 2 aromatic rings. The number of rotatable bonds is 10. The van der Waals surface area contributed by atoms with Gasteiger partial charge >= 0.3 is 0 Å². The summed E-state index contributed by atoms with van der Waals surface area (Å²) in [6.45, 7) is 1.12. The van der Waals surface area contributed by atoms with Gasteiger partial charge in [0.15, 0.2) is 0 Å². The number of halogens is 4. The average molecular weight is 609 g/mol. The third-order valence-electron chi connectivity index (χ3n) is 6.34. The summed E-state index contributed by atoms with van der Waals surface area (Å²) in [5, 5.41) is 4.09. The van der Waals surface area contributed by atoms with E-state index in [0.717, 1.165) is 36.2 Å². The van der Waals surface area contributed by atoms with E-state index < -0.39 is 28.5 Å². The van der Waals surface area contributed by atoms with Crippen LogP contribution < -0.4 is 9.62 Å². The summed E-state index contributed by atoms with van der Waals surface area (Å²) in [5.41, 5.74) is 0.558. The number of hydrogen-bond acceptors (Lipinski definition) is 4. The molecule has 1 N–H and O–H groups in total. The highest BCUT2D eigenvalue weighted by Gasteiger charge is 2.34. The van der Waals surface area contributed by atoms with Crippen molar-refractivity contribution in [1.82, 2.24) is 10.2 Å². The number of sulfonamides is 1. The van der Waals surface area contributed by atoms with E-state index in [4.69, 9.17) is 46.4 Å². The van der Waals surface area contributed by atoms with Crippen LogP contribution in [0.2, 0.25) is 20.1 Å². The number of nitrogens with zero attached hydrogens (tertiary/aromatic N) is 2. The van der Waals surface area contributed by atoms with Crippen LogP contribution >= 0.6 is 46.4 Å². The highest BCUT2D eigenvalue weighted by atomic mass is 35.5. The Morgan fingerprint density at radius 3 is 2.19 bits per heavy atom. The van der Waals surface area contributed by atoms with Gasteiger partial charge < -0.3 is 10.2 Å². The van der Waals surface area contributed by atoms with Crippen LogP contribution in [0.3, 0.4) is 0 Å². The largest absolute Gasteiger partial charge is 0.352 e. The van der Waals surface area contributed by atoms with Gasteiger partial charge in [0.25, 0.3) is 0 Å². The molecule has 7 nitrogen and oxygen atoms in total. The van der Waals surface area contributed by atoms with Gasteiger partial charge in [0, 0.05) is 33.2 Å². The molecule has 0 aliphatic heterocycles. The van der Waals surface area contributed by atoms with Crippen LogP contribution in [-0.2, 0) is 26.2 Å². The second kappa shape index (κ2) is 12.9. The molecule has 2 amide bonds. The lowest BCUT2D eigenvalue weighted by Crippen LogP contribution is -2.53. The van der Waals surface area contributed by atoms with Crippen LogP contribution in [0.25, 0.3) is 0 Å². The molecule has 1 aliphatic rings. The van der Waals surface area contributed by atoms with Crippen molar-refractivity contribution in [3.63, 3.8) is 0 Å². The van der Waals surface area contributed by atoms with Gasteiger partial charge in [0.1, 0.15) is 12.6 Å². The maximum atomic E-state index is 13.8. The minimum atomic E-state index is -3.94. The molecule has 0 radical (unpaired) electrons. The zero-order chi connectivity index (χ0) is 27.3. The highest BCUT2D eigenvalue weighted by Crippen LogP contribution is 2.31. The van der Waals surface area contributed by atoms with Gasteiger partial charge in [0.05, 0.1) is 17.0 Å². The van der Waals surface area contributed by atoms with Crippen molar-refractivity contribution in [1.29, 1.82) is 0 Å². The van der Waals surface area contributed by atoms with Crippen LogP contribution in [0.5, 0.6) is 0 Å². The first kappa shape index (κ1) is 29.8. The molecule has 1 saturated carbocycles. The maximum absolute atomic E-state index is 13.8. The van der Waals surface area contributed by atoms with E-state index in [2.05, 4.69) is 5.32 Å². The zero-order valence-corrected chi connectivity index (χ0v) is 24.4. The van der Waals surface area contributed by atoms with E-state index in [1.807, 2.05) is 0 Å². The first-order valence-corrected chi connectivity index (χ1v) is 15.2. The topological polar surface area (TPSA) is 86.8 Å². The normalized spacial score (nSPS) is 14.9. The summed E-state index contributed by atoms with van der Waals surface area (Å²) in [7, 11) is -3.94. The summed E-state index contributed by atoms with van der Waals surface area (Å²) < 4.78 is 26.4. The Kier molecular flexibility index (Phi) is 10.4. The van der Waals surface area contributed by atoms with E-state index in [0.29, 0.717) is 27.1 Å². The monoisotopic (exact) mass is 607 g/mol. The Bertz CT molecular complexity index is 1230. The van der Waals surface area contributed by atoms with Crippen LogP contribution in [0, 0.1) is 0 Å². The summed E-state index contributed by atoms with van der Waals surface area (Å²) in [5.74, 6) is -0.915. The third-order valence-corrected chi connectivity index (χ3v) is 8.71. The van der Waals surface area contributed by atoms with E-state index in [1.165, 1.54) is 23.1 Å². The molecule has 12 heteroatoms. The molecule has 1 atom stereocenters. The Labute approximate surface area is 238 Å². The summed E-state index contributed by atoms with van der Waals surface area (Å²) in [4.78, 5) is 28.5. The molecule has 2 aromatic carbocycles. The predicted octanol–water partition coefficient (Wildman–Crippen LogP) is 5.93. The molecule has 0 spiro atoms. The number of carbonyl (C=O) groups excluding carboxylic acids is 2. The number of carbonyl (C=O) groups is 2. The fourth-order valence-electron chi connectivity index (χ4n) is 4.42.